The van der Waals surface area contributed by atoms with Crippen LogP contribution in [0.15, 0.2) is 140 Å². The van der Waals surface area contributed by atoms with Crippen molar-refractivity contribution < 1.29 is 23.3 Å². The predicted octanol–water partition coefficient (Wildman–Crippen LogP) is 14.2. The summed E-state index contributed by atoms with van der Waals surface area (Å²) >= 11 is 7.70. The maximum absolute atomic E-state index is 6.35. The first kappa shape index (κ1) is 42.2. The van der Waals surface area contributed by atoms with E-state index in [1.165, 1.54) is 94.4 Å². The van der Waals surface area contributed by atoms with Gasteiger partial charge in [0.2, 0.25) is 0 Å². The number of rotatable bonds is 3. The van der Waals surface area contributed by atoms with Crippen molar-refractivity contribution in [2.75, 3.05) is 0 Å². The summed E-state index contributed by atoms with van der Waals surface area (Å²) in [7, 11) is 0. The van der Waals surface area contributed by atoms with E-state index in [1.54, 1.807) is 0 Å². The molecule has 0 bridgehead atoms. The van der Waals surface area contributed by atoms with Crippen molar-refractivity contribution >= 4 is 86.4 Å². The first-order chi connectivity index (χ1) is 22.0. The van der Waals surface area contributed by atoms with Crippen LogP contribution < -0.4 is 0 Å². The average Bonchev–Trinajstić information content (AvgIpc) is 3.70. The van der Waals surface area contributed by atoms with Crippen molar-refractivity contribution in [1.82, 2.24) is 0 Å². The molecule has 250 valence electrons. The molecule has 0 saturated carbocycles. The fourth-order valence-corrected chi connectivity index (χ4v) is 6.61. The van der Waals surface area contributed by atoms with Gasteiger partial charge >= 0.3 is 30.2 Å². The van der Waals surface area contributed by atoms with Crippen molar-refractivity contribution in [3.63, 3.8) is 0 Å². The van der Waals surface area contributed by atoms with E-state index in [1.807, 2.05) is 6.07 Å². The van der Waals surface area contributed by atoms with Crippen LogP contribution in [0.5, 0.6) is 0 Å². The molecule has 0 heterocycles. The molecule has 0 unspecified atom stereocenters. The molecule has 8 aromatic rings. The SMILES string of the molecule is CC(C)c1cc2c(-c3cccc4ccccc34)cccc2[cH-]1.Cc1cc2c(-c3cccc4ccccc34)ccc(Cl)c2[cH-]1.Cl.Cl.[CH3-].[CH3-].[Si]=[Zr]. The van der Waals surface area contributed by atoms with Gasteiger partial charge in [0.05, 0.1) is 0 Å². The molecule has 8 aromatic carbocycles. The van der Waals surface area contributed by atoms with E-state index in [4.69, 9.17) is 11.6 Å². The van der Waals surface area contributed by atoms with Crippen molar-refractivity contribution in [1.29, 1.82) is 0 Å². The van der Waals surface area contributed by atoms with Crippen LogP contribution in [0.25, 0.3) is 65.3 Å². The predicted molar refractivity (Wildman–Crippen MR) is 222 cm³/mol. The summed E-state index contributed by atoms with van der Waals surface area (Å²) in [6.45, 7) is 9.69. The summed E-state index contributed by atoms with van der Waals surface area (Å²) in [5, 5.41) is 11.1. The third-order valence-electron chi connectivity index (χ3n) is 8.58. The third kappa shape index (κ3) is 8.68. The molecule has 0 aromatic heterocycles. The van der Waals surface area contributed by atoms with Gasteiger partial charge in [-0.05, 0) is 43.6 Å². The number of benzene rings is 6. The summed E-state index contributed by atoms with van der Waals surface area (Å²) in [6.07, 6.45) is 0. The number of hydrogen-bond donors (Lipinski definition) is 0. The van der Waals surface area contributed by atoms with E-state index in [9.17, 15) is 0 Å². The Morgan fingerprint density at radius 1 is 0.551 bits per heavy atom. The summed E-state index contributed by atoms with van der Waals surface area (Å²) in [4.78, 5) is 0. The Kier molecular flexibility index (Phi) is 16.2. The standard InChI is InChI=1S/C22H19.C20H14Cl.2CH3.2ClH.Si.Zr/c1-15(2)18-13-17-9-6-12-21(22(17)14-18)20-11-5-8-16-7-3-4-10-19(16)20;1-13-11-18-17(9-10-20(21)19(18)12-13)16-8-4-6-14-5-2-3-7-15(14)16;;;;;;/h3-15H,1-2H3;2-12H,1H3;2*1H3;2*1H;;/q4*-1;;;;. The second kappa shape index (κ2) is 18.9. The topological polar surface area (TPSA) is 0 Å². The molecule has 2 radical (unpaired) electrons. The van der Waals surface area contributed by atoms with Crippen LogP contribution in [0.4, 0.5) is 0 Å². The Hall–Kier alpha value is -2.97. The molecule has 0 aliphatic carbocycles. The van der Waals surface area contributed by atoms with E-state index >= 15 is 0 Å². The van der Waals surface area contributed by atoms with Gasteiger partial charge in [-0.2, -0.15) is 12.1 Å². The Balaban J connectivity index is 0.000000301. The zero-order valence-corrected chi connectivity index (χ0v) is 34.4. The Labute approximate surface area is 326 Å². The first-order valence-electron chi connectivity index (χ1n) is 15.2. The fraction of sp³-hybridized carbons (Fsp3) is 0.0909. The second-order valence-corrected chi connectivity index (χ2v) is 12.2. The molecular weight excluding hydrogens is 754 g/mol. The molecule has 0 aliphatic rings. The summed E-state index contributed by atoms with van der Waals surface area (Å²) in [5.41, 5.74) is 7.84. The van der Waals surface area contributed by atoms with Crippen molar-refractivity contribution in [3.05, 3.63) is 171 Å². The monoisotopic (exact) mass is 792 g/mol. The molecule has 0 nitrogen and oxygen atoms in total. The molecule has 49 heavy (non-hydrogen) atoms. The van der Waals surface area contributed by atoms with Gasteiger partial charge in [0.15, 0.2) is 0 Å². The van der Waals surface area contributed by atoms with Crippen LogP contribution in [-0.2, 0) is 23.3 Å². The quantitative estimate of drug-likeness (QED) is 0.123. The van der Waals surface area contributed by atoms with Crippen LogP contribution in [0.1, 0.15) is 30.9 Å². The molecule has 0 N–H and O–H groups in total. The molecule has 0 atom stereocenters. The number of hydrogen-bond acceptors (Lipinski definition) is 0. The average molecular weight is 795 g/mol. The van der Waals surface area contributed by atoms with Gasteiger partial charge in [0, 0.05) is 0 Å². The summed E-state index contributed by atoms with van der Waals surface area (Å²) in [6, 6.07) is 50.0. The van der Waals surface area contributed by atoms with Gasteiger partial charge in [0.25, 0.3) is 0 Å². The van der Waals surface area contributed by atoms with Crippen LogP contribution in [0.3, 0.4) is 0 Å². The Morgan fingerprint density at radius 3 is 1.57 bits per heavy atom. The molecule has 5 heteroatoms. The molecular formula is C44H41Cl3SiZr-4. The van der Waals surface area contributed by atoms with E-state index in [0.29, 0.717) is 5.92 Å². The number of fused-ring (bicyclic) bond motifs is 4. The van der Waals surface area contributed by atoms with E-state index < -0.39 is 0 Å². The zero-order valence-electron chi connectivity index (χ0n) is 28.6. The van der Waals surface area contributed by atoms with Crippen molar-refractivity contribution in [2.24, 2.45) is 0 Å². The fourth-order valence-electron chi connectivity index (χ4n) is 6.39. The van der Waals surface area contributed by atoms with Crippen molar-refractivity contribution in [2.45, 2.75) is 26.7 Å². The summed E-state index contributed by atoms with van der Waals surface area (Å²) < 4.78 is 0. The normalized spacial score (nSPS) is 10.1. The molecule has 0 fully saturated rings. The molecule has 0 spiro atoms. The van der Waals surface area contributed by atoms with Crippen LogP contribution in [0, 0.1) is 21.8 Å². The zero-order chi connectivity index (χ0) is 31.5. The first-order valence-corrected chi connectivity index (χ1v) is 19.8. The Morgan fingerprint density at radius 2 is 1.02 bits per heavy atom. The van der Waals surface area contributed by atoms with Gasteiger partial charge in [-0.3, -0.25) is 0 Å². The van der Waals surface area contributed by atoms with E-state index in [0.717, 1.165) is 10.4 Å². The summed E-state index contributed by atoms with van der Waals surface area (Å²) in [5.74, 6) is 0.563. The van der Waals surface area contributed by atoms with E-state index in [2.05, 4.69) is 161 Å². The van der Waals surface area contributed by atoms with Gasteiger partial charge < -0.3 is 14.9 Å². The number of aryl methyl sites for hydroxylation is 1. The minimum atomic E-state index is 0. The minimum absolute atomic E-state index is 0. The van der Waals surface area contributed by atoms with Crippen LogP contribution >= 0.6 is 36.4 Å². The molecule has 0 amide bonds. The van der Waals surface area contributed by atoms with E-state index in [-0.39, 0.29) is 39.7 Å². The molecule has 8 rings (SSSR count). The van der Waals surface area contributed by atoms with Gasteiger partial charge in [-0.15, -0.1) is 93.4 Å². The number of halogens is 3. The molecule has 0 saturated heterocycles. The van der Waals surface area contributed by atoms with Gasteiger partial charge in [-0.1, -0.05) is 135 Å². The van der Waals surface area contributed by atoms with Crippen molar-refractivity contribution in [3.8, 4) is 22.3 Å². The van der Waals surface area contributed by atoms with Gasteiger partial charge in [0.1, 0.15) is 0 Å². The molecule has 0 aliphatic heterocycles. The van der Waals surface area contributed by atoms with Crippen LogP contribution in [-0.4, -0.2) is 6.88 Å². The maximum atomic E-state index is 6.35. The van der Waals surface area contributed by atoms with Gasteiger partial charge in [-0.25, -0.2) is 0 Å². The third-order valence-corrected chi connectivity index (χ3v) is 8.91. The second-order valence-electron chi connectivity index (χ2n) is 11.8. The Bertz CT molecular complexity index is 2270. The van der Waals surface area contributed by atoms with Crippen LogP contribution in [0.2, 0.25) is 5.02 Å².